The van der Waals surface area contributed by atoms with Crippen molar-refractivity contribution in [1.82, 2.24) is 0 Å². The number of nitrogens with zero attached hydrogens (tertiary/aromatic N) is 1. The summed E-state index contributed by atoms with van der Waals surface area (Å²) in [5.41, 5.74) is 1.05. The second-order valence-electron chi connectivity index (χ2n) is 3.35. The third-order valence-corrected chi connectivity index (χ3v) is 3.77. The number of allylic oxidation sites excluding steroid dienone is 1. The highest BCUT2D eigenvalue weighted by atomic mass is 79.9. The van der Waals surface area contributed by atoms with Crippen molar-refractivity contribution in [2.24, 2.45) is 0 Å². The van der Waals surface area contributed by atoms with Crippen LogP contribution in [0, 0.1) is 17.1 Å². The predicted molar refractivity (Wildman–Crippen MR) is 71.9 cm³/mol. The summed E-state index contributed by atoms with van der Waals surface area (Å²) in [5.74, 6) is -0.337. The number of rotatable bonds is 2. The lowest BCUT2D eigenvalue weighted by Crippen LogP contribution is -1.82. The Morgan fingerprint density at radius 3 is 2.82 bits per heavy atom. The van der Waals surface area contributed by atoms with E-state index in [0.717, 1.165) is 9.35 Å². The number of benzene rings is 1. The maximum Gasteiger partial charge on any atom is 0.123 e. The Labute approximate surface area is 111 Å². The van der Waals surface area contributed by atoms with Gasteiger partial charge >= 0.3 is 0 Å². The van der Waals surface area contributed by atoms with Crippen molar-refractivity contribution in [3.8, 4) is 6.07 Å². The van der Waals surface area contributed by atoms with Crippen molar-refractivity contribution in [2.45, 2.75) is 0 Å². The third-order valence-electron chi connectivity index (χ3n) is 2.13. The van der Waals surface area contributed by atoms with Gasteiger partial charge in [-0.05, 0) is 45.8 Å². The third kappa shape index (κ3) is 3.02. The molecule has 0 unspecified atom stereocenters. The average molecular weight is 308 g/mol. The van der Waals surface area contributed by atoms with E-state index in [9.17, 15) is 4.39 Å². The Kier molecular flexibility index (Phi) is 3.72. The lowest BCUT2D eigenvalue weighted by Gasteiger charge is -1.98. The van der Waals surface area contributed by atoms with Crippen LogP contribution in [0.4, 0.5) is 4.39 Å². The molecule has 1 heterocycles. The highest BCUT2D eigenvalue weighted by molar-refractivity contribution is 9.10. The molecule has 17 heavy (non-hydrogen) atoms. The molecule has 0 amide bonds. The molecule has 2 aromatic rings. The molecule has 0 aliphatic heterocycles. The summed E-state index contributed by atoms with van der Waals surface area (Å²) >= 11 is 4.87. The molecule has 1 nitrogen and oxygen atoms in total. The molecule has 0 aliphatic rings. The SMILES string of the molecule is N#C/C(=C/c1cc(Br)cs1)c1cccc(F)c1. The van der Waals surface area contributed by atoms with Crippen LogP contribution in [0.25, 0.3) is 11.6 Å². The molecule has 0 fully saturated rings. The van der Waals surface area contributed by atoms with E-state index in [1.165, 1.54) is 23.5 Å². The van der Waals surface area contributed by atoms with Crippen molar-refractivity contribution >= 4 is 38.9 Å². The first-order chi connectivity index (χ1) is 8.19. The number of halogens is 2. The van der Waals surface area contributed by atoms with E-state index in [1.54, 1.807) is 18.2 Å². The van der Waals surface area contributed by atoms with Crippen molar-refractivity contribution in [1.29, 1.82) is 5.26 Å². The quantitative estimate of drug-likeness (QED) is 0.737. The van der Waals surface area contributed by atoms with E-state index in [0.29, 0.717) is 11.1 Å². The molecule has 4 heteroatoms. The molecule has 0 saturated carbocycles. The molecule has 1 aromatic carbocycles. The molecule has 0 N–H and O–H groups in total. The highest BCUT2D eigenvalue weighted by Crippen LogP contribution is 2.25. The Morgan fingerprint density at radius 1 is 1.41 bits per heavy atom. The molecular weight excluding hydrogens is 301 g/mol. The number of thiophene rings is 1. The van der Waals surface area contributed by atoms with Crippen molar-refractivity contribution in [3.63, 3.8) is 0 Å². The first-order valence-electron chi connectivity index (χ1n) is 4.81. The van der Waals surface area contributed by atoms with Gasteiger partial charge in [0.25, 0.3) is 0 Å². The lowest BCUT2D eigenvalue weighted by molar-refractivity contribution is 0.627. The summed E-state index contributed by atoms with van der Waals surface area (Å²) in [6.45, 7) is 0. The van der Waals surface area contributed by atoms with Crippen LogP contribution in [0.3, 0.4) is 0 Å². The fourth-order valence-electron chi connectivity index (χ4n) is 1.38. The molecule has 1 aromatic heterocycles. The van der Waals surface area contributed by atoms with Crippen LogP contribution in [-0.2, 0) is 0 Å². The van der Waals surface area contributed by atoms with Gasteiger partial charge in [-0.15, -0.1) is 11.3 Å². The Balaban J connectivity index is 2.41. The monoisotopic (exact) mass is 307 g/mol. The predicted octanol–water partition coefficient (Wildman–Crippen LogP) is 4.71. The van der Waals surface area contributed by atoms with Crippen LogP contribution >= 0.6 is 27.3 Å². The van der Waals surface area contributed by atoms with Crippen LogP contribution in [0.5, 0.6) is 0 Å². The van der Waals surface area contributed by atoms with E-state index in [2.05, 4.69) is 22.0 Å². The van der Waals surface area contributed by atoms with Gasteiger partial charge in [0.05, 0.1) is 11.6 Å². The van der Waals surface area contributed by atoms with Crippen LogP contribution in [0.1, 0.15) is 10.4 Å². The van der Waals surface area contributed by atoms with E-state index in [4.69, 9.17) is 5.26 Å². The standard InChI is InChI=1S/C13H7BrFNS/c14-11-6-13(17-8-11)5-10(7-16)9-2-1-3-12(15)4-9/h1-6,8H/b10-5-. The van der Waals surface area contributed by atoms with Gasteiger partial charge in [-0.25, -0.2) is 4.39 Å². The van der Waals surface area contributed by atoms with Gasteiger partial charge in [0.15, 0.2) is 0 Å². The van der Waals surface area contributed by atoms with E-state index >= 15 is 0 Å². The topological polar surface area (TPSA) is 23.8 Å². The van der Waals surface area contributed by atoms with Gasteiger partial charge < -0.3 is 0 Å². The normalized spacial score (nSPS) is 11.2. The molecule has 0 aliphatic carbocycles. The number of hydrogen-bond acceptors (Lipinski definition) is 2. The van der Waals surface area contributed by atoms with Crippen LogP contribution in [0.15, 0.2) is 40.2 Å². The van der Waals surface area contributed by atoms with E-state index in [1.807, 2.05) is 11.4 Å². The summed E-state index contributed by atoms with van der Waals surface area (Å²) < 4.78 is 14.0. The highest BCUT2D eigenvalue weighted by Gasteiger charge is 2.03. The zero-order valence-corrected chi connectivity index (χ0v) is 11.1. The van der Waals surface area contributed by atoms with Gasteiger partial charge in [0.1, 0.15) is 5.82 Å². The maximum atomic E-state index is 13.1. The van der Waals surface area contributed by atoms with Gasteiger partial charge in [-0.3, -0.25) is 0 Å². The second kappa shape index (κ2) is 5.26. The summed E-state index contributed by atoms with van der Waals surface area (Å²) in [6, 6.07) is 10.0. The maximum absolute atomic E-state index is 13.1. The number of hydrogen-bond donors (Lipinski definition) is 0. The van der Waals surface area contributed by atoms with Crippen LogP contribution < -0.4 is 0 Å². The largest absolute Gasteiger partial charge is 0.207 e. The summed E-state index contributed by atoms with van der Waals surface area (Å²) in [5, 5.41) is 11.0. The van der Waals surface area contributed by atoms with Gasteiger partial charge in [0.2, 0.25) is 0 Å². The number of nitriles is 1. The summed E-state index contributed by atoms with van der Waals surface area (Å²) in [7, 11) is 0. The van der Waals surface area contributed by atoms with E-state index < -0.39 is 0 Å². The van der Waals surface area contributed by atoms with Crippen molar-refractivity contribution in [3.05, 3.63) is 56.4 Å². The molecule has 0 bridgehead atoms. The molecule has 0 spiro atoms. The van der Waals surface area contributed by atoms with Crippen LogP contribution in [0.2, 0.25) is 0 Å². The Bertz CT molecular complexity index is 610. The fraction of sp³-hybridized carbons (Fsp3) is 0. The van der Waals surface area contributed by atoms with Gasteiger partial charge in [-0.2, -0.15) is 5.26 Å². The minimum Gasteiger partial charge on any atom is -0.207 e. The molecule has 2 rings (SSSR count). The molecule has 0 saturated heterocycles. The molecule has 0 atom stereocenters. The van der Waals surface area contributed by atoms with Gasteiger partial charge in [-0.1, -0.05) is 12.1 Å². The first-order valence-corrected chi connectivity index (χ1v) is 6.48. The van der Waals surface area contributed by atoms with E-state index in [-0.39, 0.29) is 5.82 Å². The first kappa shape index (κ1) is 12.0. The minimum absolute atomic E-state index is 0.337. The fourth-order valence-corrected chi connectivity index (χ4v) is 2.76. The zero-order valence-electron chi connectivity index (χ0n) is 8.65. The Morgan fingerprint density at radius 2 is 2.24 bits per heavy atom. The zero-order chi connectivity index (χ0) is 12.3. The van der Waals surface area contributed by atoms with Crippen LogP contribution in [-0.4, -0.2) is 0 Å². The Hall–Kier alpha value is -1.44. The minimum atomic E-state index is -0.337. The molecule has 84 valence electrons. The van der Waals surface area contributed by atoms with Gasteiger partial charge in [0, 0.05) is 14.7 Å². The summed E-state index contributed by atoms with van der Waals surface area (Å²) in [6.07, 6.45) is 1.75. The lowest BCUT2D eigenvalue weighted by atomic mass is 10.1. The molecular formula is C13H7BrFNS. The smallest absolute Gasteiger partial charge is 0.123 e. The second-order valence-corrected chi connectivity index (χ2v) is 5.21. The molecule has 0 radical (unpaired) electrons. The average Bonchev–Trinajstić information content (AvgIpc) is 2.72. The van der Waals surface area contributed by atoms with Crippen molar-refractivity contribution in [2.75, 3.05) is 0 Å². The van der Waals surface area contributed by atoms with Crippen molar-refractivity contribution < 1.29 is 4.39 Å². The summed E-state index contributed by atoms with van der Waals surface area (Å²) in [4.78, 5) is 0.956.